The van der Waals surface area contributed by atoms with Gasteiger partial charge in [-0.1, -0.05) is 35.0 Å². The summed E-state index contributed by atoms with van der Waals surface area (Å²) in [6.07, 6.45) is 0.622. The standard InChI is InChI=1S/C16H17BrFNS/c1-2-20-15-5-3-12(4-6-15)16(19)9-11-7-13(17)10-14(18)8-11/h3-8,10,16H,2,9,19H2,1H3. The van der Waals surface area contributed by atoms with Crippen LogP contribution in [0.2, 0.25) is 0 Å². The van der Waals surface area contributed by atoms with Crippen LogP contribution in [0.5, 0.6) is 0 Å². The number of nitrogens with two attached hydrogens (primary N) is 1. The second-order valence-corrected chi connectivity index (χ2v) is 6.84. The normalized spacial score (nSPS) is 12.4. The molecule has 0 saturated carbocycles. The molecule has 0 fully saturated rings. The average molecular weight is 354 g/mol. The van der Waals surface area contributed by atoms with Crippen LogP contribution in [0.3, 0.4) is 0 Å². The predicted molar refractivity (Wildman–Crippen MR) is 87.6 cm³/mol. The number of hydrogen-bond donors (Lipinski definition) is 1. The van der Waals surface area contributed by atoms with E-state index < -0.39 is 0 Å². The van der Waals surface area contributed by atoms with E-state index >= 15 is 0 Å². The minimum atomic E-state index is -0.240. The molecule has 2 aromatic carbocycles. The Bertz CT molecular complexity index is 551. The van der Waals surface area contributed by atoms with Crippen molar-refractivity contribution in [2.75, 3.05) is 5.75 Å². The molecule has 0 amide bonds. The van der Waals surface area contributed by atoms with Gasteiger partial charge in [0.25, 0.3) is 0 Å². The van der Waals surface area contributed by atoms with Gasteiger partial charge in [-0.05, 0) is 53.6 Å². The molecule has 4 heteroatoms. The molecule has 2 rings (SSSR count). The van der Waals surface area contributed by atoms with E-state index in [9.17, 15) is 4.39 Å². The zero-order chi connectivity index (χ0) is 14.5. The van der Waals surface area contributed by atoms with Crippen LogP contribution in [-0.2, 0) is 6.42 Å². The Hall–Kier alpha value is -0.840. The van der Waals surface area contributed by atoms with Gasteiger partial charge in [0.15, 0.2) is 0 Å². The highest BCUT2D eigenvalue weighted by Gasteiger charge is 2.09. The first kappa shape index (κ1) is 15.5. The Morgan fingerprint density at radius 1 is 1.20 bits per heavy atom. The Labute approximate surface area is 131 Å². The van der Waals surface area contributed by atoms with E-state index in [2.05, 4.69) is 47.1 Å². The van der Waals surface area contributed by atoms with Crippen molar-refractivity contribution in [2.45, 2.75) is 24.3 Å². The van der Waals surface area contributed by atoms with Crippen molar-refractivity contribution < 1.29 is 4.39 Å². The summed E-state index contributed by atoms with van der Waals surface area (Å²) in [7, 11) is 0. The van der Waals surface area contributed by atoms with Gasteiger partial charge in [-0.3, -0.25) is 0 Å². The zero-order valence-corrected chi connectivity index (χ0v) is 13.7. The molecule has 2 aromatic rings. The van der Waals surface area contributed by atoms with E-state index in [0.717, 1.165) is 21.4 Å². The third-order valence-electron chi connectivity index (χ3n) is 3.00. The molecule has 1 unspecified atom stereocenters. The van der Waals surface area contributed by atoms with Gasteiger partial charge in [0.1, 0.15) is 5.82 Å². The minimum absolute atomic E-state index is 0.121. The number of rotatable bonds is 5. The van der Waals surface area contributed by atoms with Gasteiger partial charge >= 0.3 is 0 Å². The van der Waals surface area contributed by atoms with Crippen LogP contribution in [0.15, 0.2) is 51.8 Å². The van der Waals surface area contributed by atoms with Crippen molar-refractivity contribution in [1.29, 1.82) is 0 Å². The van der Waals surface area contributed by atoms with Gasteiger partial charge < -0.3 is 5.73 Å². The average Bonchev–Trinajstić information content (AvgIpc) is 2.38. The van der Waals surface area contributed by atoms with Crippen molar-refractivity contribution in [2.24, 2.45) is 5.73 Å². The summed E-state index contributed by atoms with van der Waals surface area (Å²) in [6.45, 7) is 2.13. The maximum absolute atomic E-state index is 13.3. The molecule has 1 nitrogen and oxygen atoms in total. The number of thioether (sulfide) groups is 1. The smallest absolute Gasteiger partial charge is 0.124 e. The molecule has 0 aromatic heterocycles. The maximum atomic E-state index is 13.3. The maximum Gasteiger partial charge on any atom is 0.124 e. The summed E-state index contributed by atoms with van der Waals surface area (Å²) in [6, 6.07) is 13.1. The van der Waals surface area contributed by atoms with Gasteiger partial charge in [0, 0.05) is 15.4 Å². The van der Waals surface area contributed by atoms with Crippen LogP contribution < -0.4 is 5.73 Å². The Kier molecular flexibility index (Phi) is 5.64. The predicted octanol–water partition coefficient (Wildman–Crippen LogP) is 4.94. The first-order chi connectivity index (χ1) is 9.58. The summed E-state index contributed by atoms with van der Waals surface area (Å²) in [5.74, 6) is 0.819. The fourth-order valence-corrected chi connectivity index (χ4v) is 3.25. The fourth-order valence-electron chi connectivity index (χ4n) is 2.08. The second kappa shape index (κ2) is 7.25. The number of hydrogen-bond acceptors (Lipinski definition) is 2. The largest absolute Gasteiger partial charge is 0.324 e. The highest BCUT2D eigenvalue weighted by molar-refractivity contribution is 9.10. The van der Waals surface area contributed by atoms with Gasteiger partial charge in [-0.2, -0.15) is 0 Å². The molecule has 0 spiro atoms. The molecule has 0 bridgehead atoms. The molecule has 1 atom stereocenters. The van der Waals surface area contributed by atoms with E-state index in [1.165, 1.54) is 17.0 Å². The van der Waals surface area contributed by atoms with Crippen molar-refractivity contribution in [3.05, 3.63) is 63.9 Å². The zero-order valence-electron chi connectivity index (χ0n) is 11.3. The molecule has 0 heterocycles. The SMILES string of the molecule is CCSc1ccc(C(N)Cc2cc(F)cc(Br)c2)cc1. The fraction of sp³-hybridized carbons (Fsp3) is 0.250. The molecule has 0 saturated heterocycles. The van der Waals surface area contributed by atoms with Crippen molar-refractivity contribution in [3.63, 3.8) is 0 Å². The Morgan fingerprint density at radius 2 is 1.90 bits per heavy atom. The quantitative estimate of drug-likeness (QED) is 0.770. The van der Waals surface area contributed by atoms with Crippen LogP contribution in [0, 0.1) is 5.82 Å². The number of benzene rings is 2. The van der Waals surface area contributed by atoms with Crippen LogP contribution in [0.1, 0.15) is 24.1 Å². The molecular weight excluding hydrogens is 337 g/mol. The molecule has 0 radical (unpaired) electrons. The topological polar surface area (TPSA) is 26.0 Å². The van der Waals surface area contributed by atoms with E-state index in [1.54, 1.807) is 11.8 Å². The van der Waals surface area contributed by atoms with Gasteiger partial charge in [0.05, 0.1) is 0 Å². The van der Waals surface area contributed by atoms with Crippen LogP contribution in [0.25, 0.3) is 0 Å². The summed E-state index contributed by atoms with van der Waals surface area (Å²) in [5.41, 5.74) is 8.18. The summed E-state index contributed by atoms with van der Waals surface area (Å²) >= 11 is 5.11. The van der Waals surface area contributed by atoms with Gasteiger partial charge in [-0.25, -0.2) is 4.39 Å². The lowest BCUT2D eigenvalue weighted by Gasteiger charge is -2.13. The first-order valence-electron chi connectivity index (χ1n) is 6.52. The lowest BCUT2D eigenvalue weighted by atomic mass is 10.00. The van der Waals surface area contributed by atoms with Gasteiger partial charge in [0.2, 0.25) is 0 Å². The molecule has 2 N–H and O–H groups in total. The third kappa shape index (κ3) is 4.33. The molecule has 106 valence electrons. The van der Waals surface area contributed by atoms with E-state index in [0.29, 0.717) is 6.42 Å². The molecule has 0 aliphatic carbocycles. The lowest BCUT2D eigenvalue weighted by Crippen LogP contribution is -2.13. The summed E-state index contributed by atoms with van der Waals surface area (Å²) < 4.78 is 14.1. The second-order valence-electron chi connectivity index (χ2n) is 4.59. The lowest BCUT2D eigenvalue weighted by molar-refractivity contribution is 0.621. The Morgan fingerprint density at radius 3 is 2.50 bits per heavy atom. The van der Waals surface area contributed by atoms with E-state index in [1.807, 2.05) is 6.07 Å². The van der Waals surface area contributed by atoms with E-state index in [4.69, 9.17) is 5.73 Å². The first-order valence-corrected chi connectivity index (χ1v) is 8.29. The highest BCUT2D eigenvalue weighted by Crippen LogP contribution is 2.23. The molecule has 0 aliphatic heterocycles. The van der Waals surface area contributed by atoms with Crippen LogP contribution in [-0.4, -0.2) is 5.75 Å². The molecule has 20 heavy (non-hydrogen) atoms. The van der Waals surface area contributed by atoms with E-state index in [-0.39, 0.29) is 11.9 Å². The van der Waals surface area contributed by atoms with Crippen molar-refractivity contribution in [1.82, 2.24) is 0 Å². The monoisotopic (exact) mass is 353 g/mol. The summed E-state index contributed by atoms with van der Waals surface area (Å²) in [4.78, 5) is 1.25. The minimum Gasteiger partial charge on any atom is -0.324 e. The van der Waals surface area contributed by atoms with Crippen molar-refractivity contribution >= 4 is 27.7 Å². The number of halogens is 2. The highest BCUT2D eigenvalue weighted by atomic mass is 79.9. The molecular formula is C16H17BrFNS. The van der Waals surface area contributed by atoms with Crippen molar-refractivity contribution in [3.8, 4) is 0 Å². The van der Waals surface area contributed by atoms with Crippen LogP contribution >= 0.6 is 27.7 Å². The third-order valence-corrected chi connectivity index (χ3v) is 4.35. The van der Waals surface area contributed by atoms with Crippen LogP contribution in [0.4, 0.5) is 4.39 Å². The van der Waals surface area contributed by atoms with Gasteiger partial charge in [-0.15, -0.1) is 11.8 Å². The molecule has 0 aliphatic rings. The summed E-state index contributed by atoms with van der Waals surface area (Å²) in [5, 5.41) is 0. The Balaban J connectivity index is 2.08.